The molecule has 2 heterocycles. The fourth-order valence-corrected chi connectivity index (χ4v) is 4.12. The Morgan fingerprint density at radius 1 is 1.19 bits per heavy atom. The number of para-hydroxylation sites is 2. The molecule has 8 heteroatoms. The molecule has 2 aromatic carbocycles. The average Bonchev–Trinajstić information content (AvgIpc) is 3.24. The van der Waals surface area contributed by atoms with E-state index in [1.54, 1.807) is 25.1 Å². The highest BCUT2D eigenvalue weighted by molar-refractivity contribution is 7.09. The molecule has 0 bridgehead atoms. The highest BCUT2D eigenvalue weighted by Gasteiger charge is 2.34. The minimum Gasteiger partial charge on any atom is -0.486 e. The van der Waals surface area contributed by atoms with Crippen LogP contribution in [0.25, 0.3) is 0 Å². The van der Waals surface area contributed by atoms with Gasteiger partial charge in [0.2, 0.25) is 5.91 Å². The summed E-state index contributed by atoms with van der Waals surface area (Å²) in [5, 5.41) is 2.68. The van der Waals surface area contributed by atoms with E-state index in [9.17, 15) is 9.59 Å². The van der Waals surface area contributed by atoms with Crippen molar-refractivity contribution in [3.63, 3.8) is 0 Å². The Bertz CT molecular complexity index is 1110. The van der Waals surface area contributed by atoms with Gasteiger partial charge < -0.3 is 19.3 Å². The zero-order chi connectivity index (χ0) is 22.7. The number of ether oxygens (including phenoxy) is 2. The number of benzene rings is 2. The molecule has 0 saturated heterocycles. The number of anilines is 1. The molecule has 32 heavy (non-hydrogen) atoms. The summed E-state index contributed by atoms with van der Waals surface area (Å²) in [5.41, 5.74) is 2.52. The van der Waals surface area contributed by atoms with E-state index in [0.29, 0.717) is 23.7 Å². The molecular formula is C24H25N3O4S. The predicted molar refractivity (Wildman–Crippen MR) is 123 cm³/mol. The van der Waals surface area contributed by atoms with Crippen LogP contribution >= 0.6 is 11.3 Å². The molecule has 0 fully saturated rings. The summed E-state index contributed by atoms with van der Waals surface area (Å²) in [5.74, 6) is 0.998. The van der Waals surface area contributed by atoms with E-state index in [4.69, 9.17) is 9.47 Å². The number of hydrogen-bond donors (Lipinski definition) is 0. The summed E-state index contributed by atoms with van der Waals surface area (Å²) < 4.78 is 11.6. The first kappa shape index (κ1) is 21.8. The van der Waals surface area contributed by atoms with Gasteiger partial charge in [-0.05, 0) is 31.2 Å². The molecule has 0 radical (unpaired) electrons. The van der Waals surface area contributed by atoms with Gasteiger partial charge in [0.25, 0.3) is 5.91 Å². The van der Waals surface area contributed by atoms with Gasteiger partial charge in [0.05, 0.1) is 24.3 Å². The molecule has 1 aromatic heterocycles. The maximum atomic E-state index is 13.2. The van der Waals surface area contributed by atoms with Crippen molar-refractivity contribution in [2.24, 2.45) is 0 Å². The lowest BCUT2D eigenvalue weighted by atomic mass is 10.1. The first-order chi connectivity index (χ1) is 15.4. The van der Waals surface area contributed by atoms with Crippen molar-refractivity contribution < 1.29 is 19.1 Å². The summed E-state index contributed by atoms with van der Waals surface area (Å²) in [6, 6.07) is 15.1. The number of likely N-dealkylation sites (N-methyl/N-ethyl adjacent to an activating group) is 1. The Balaban J connectivity index is 1.44. The lowest BCUT2D eigenvalue weighted by Gasteiger charge is -2.35. The van der Waals surface area contributed by atoms with Crippen LogP contribution in [-0.2, 0) is 22.6 Å². The van der Waals surface area contributed by atoms with E-state index in [2.05, 4.69) is 4.98 Å². The first-order valence-corrected chi connectivity index (χ1v) is 11.2. The van der Waals surface area contributed by atoms with Crippen LogP contribution in [0.15, 0.2) is 53.9 Å². The molecule has 0 aliphatic carbocycles. The lowest BCUT2D eigenvalue weighted by molar-refractivity contribution is -0.136. The summed E-state index contributed by atoms with van der Waals surface area (Å²) >= 11 is 1.46. The van der Waals surface area contributed by atoms with Crippen LogP contribution in [0.5, 0.6) is 11.5 Å². The zero-order valence-electron chi connectivity index (χ0n) is 18.3. The van der Waals surface area contributed by atoms with Gasteiger partial charge in [0.15, 0.2) is 6.10 Å². The molecule has 4 rings (SSSR count). The van der Waals surface area contributed by atoms with E-state index < -0.39 is 6.10 Å². The van der Waals surface area contributed by atoms with E-state index in [1.807, 2.05) is 54.8 Å². The zero-order valence-corrected chi connectivity index (χ0v) is 19.1. The smallest absolute Gasteiger partial charge is 0.265 e. The molecule has 0 spiro atoms. The summed E-state index contributed by atoms with van der Waals surface area (Å²) in [6.07, 6.45) is -0.601. The maximum absolute atomic E-state index is 13.2. The number of aromatic nitrogens is 1. The third kappa shape index (κ3) is 4.91. The number of carbonyl (C=O) groups is 2. The van der Waals surface area contributed by atoms with Crippen molar-refractivity contribution in [2.75, 3.05) is 25.5 Å². The normalized spacial score (nSPS) is 15.0. The fraction of sp³-hybridized carbons (Fsp3) is 0.292. The molecule has 2 amide bonds. The first-order valence-electron chi connectivity index (χ1n) is 10.3. The summed E-state index contributed by atoms with van der Waals surface area (Å²) in [6.45, 7) is 2.54. The van der Waals surface area contributed by atoms with E-state index in [1.165, 1.54) is 21.8 Å². The van der Waals surface area contributed by atoms with E-state index in [-0.39, 0.29) is 24.8 Å². The largest absolute Gasteiger partial charge is 0.486 e. The number of rotatable bonds is 6. The molecule has 1 aliphatic heterocycles. The minimum absolute atomic E-state index is 0.131. The standard InChI is InChI=1S/C24H25N3O4S/c1-16-8-10-18(11-9-16)30-14-22-25-17(15-32-22)12-23(28)27-13-21(24(29)26(2)3)31-20-7-5-4-6-19(20)27/h4-11,15,21H,12-14H2,1-3H3. The molecule has 1 atom stereocenters. The molecule has 166 valence electrons. The fourth-order valence-electron chi connectivity index (χ4n) is 3.41. The Morgan fingerprint density at radius 3 is 2.69 bits per heavy atom. The van der Waals surface area contributed by atoms with Gasteiger partial charge in [0, 0.05) is 19.5 Å². The van der Waals surface area contributed by atoms with Crippen LogP contribution in [0, 0.1) is 6.92 Å². The summed E-state index contributed by atoms with van der Waals surface area (Å²) in [7, 11) is 3.35. The van der Waals surface area contributed by atoms with Gasteiger partial charge in [-0.2, -0.15) is 0 Å². The Kier molecular flexibility index (Phi) is 6.41. The Labute approximate surface area is 191 Å². The van der Waals surface area contributed by atoms with Crippen molar-refractivity contribution in [1.29, 1.82) is 0 Å². The van der Waals surface area contributed by atoms with Gasteiger partial charge in [-0.15, -0.1) is 11.3 Å². The monoisotopic (exact) mass is 451 g/mol. The van der Waals surface area contributed by atoms with Crippen LogP contribution < -0.4 is 14.4 Å². The quantitative estimate of drug-likeness (QED) is 0.574. The van der Waals surface area contributed by atoms with Gasteiger partial charge in [-0.3, -0.25) is 9.59 Å². The lowest BCUT2D eigenvalue weighted by Crippen LogP contribution is -2.50. The summed E-state index contributed by atoms with van der Waals surface area (Å²) in [4.78, 5) is 33.3. The predicted octanol–water partition coefficient (Wildman–Crippen LogP) is 3.46. The van der Waals surface area contributed by atoms with Gasteiger partial charge >= 0.3 is 0 Å². The van der Waals surface area contributed by atoms with Crippen molar-refractivity contribution in [3.05, 3.63) is 70.2 Å². The van der Waals surface area contributed by atoms with Crippen molar-refractivity contribution in [2.45, 2.75) is 26.1 Å². The van der Waals surface area contributed by atoms with Crippen LogP contribution in [0.1, 0.15) is 16.3 Å². The van der Waals surface area contributed by atoms with Gasteiger partial charge in [0.1, 0.15) is 23.1 Å². The van der Waals surface area contributed by atoms with Gasteiger partial charge in [-0.25, -0.2) is 4.98 Å². The molecule has 0 saturated carbocycles. The number of aryl methyl sites for hydroxylation is 1. The number of nitrogens with zero attached hydrogens (tertiary/aromatic N) is 3. The van der Waals surface area contributed by atoms with Crippen LogP contribution in [0.4, 0.5) is 5.69 Å². The molecule has 1 aliphatic rings. The van der Waals surface area contributed by atoms with Crippen LogP contribution in [0.2, 0.25) is 0 Å². The van der Waals surface area contributed by atoms with Crippen LogP contribution in [-0.4, -0.2) is 48.4 Å². The Hall–Kier alpha value is -3.39. The van der Waals surface area contributed by atoms with Gasteiger partial charge in [-0.1, -0.05) is 29.8 Å². The second-order valence-electron chi connectivity index (χ2n) is 7.82. The second-order valence-corrected chi connectivity index (χ2v) is 8.76. The maximum Gasteiger partial charge on any atom is 0.265 e. The number of amides is 2. The number of hydrogen-bond acceptors (Lipinski definition) is 6. The molecular weight excluding hydrogens is 426 g/mol. The Morgan fingerprint density at radius 2 is 1.94 bits per heavy atom. The number of carbonyl (C=O) groups excluding carboxylic acids is 2. The second kappa shape index (κ2) is 9.40. The molecule has 3 aromatic rings. The number of thiazole rings is 1. The highest BCUT2D eigenvalue weighted by Crippen LogP contribution is 2.34. The van der Waals surface area contributed by atoms with E-state index in [0.717, 1.165) is 10.8 Å². The van der Waals surface area contributed by atoms with Crippen molar-refractivity contribution in [1.82, 2.24) is 9.88 Å². The van der Waals surface area contributed by atoms with Crippen LogP contribution in [0.3, 0.4) is 0 Å². The third-order valence-electron chi connectivity index (χ3n) is 5.11. The van der Waals surface area contributed by atoms with Crippen molar-refractivity contribution >= 4 is 28.8 Å². The third-order valence-corrected chi connectivity index (χ3v) is 5.98. The number of fused-ring (bicyclic) bond motifs is 1. The highest BCUT2D eigenvalue weighted by atomic mass is 32.1. The molecule has 1 unspecified atom stereocenters. The average molecular weight is 452 g/mol. The molecule has 0 N–H and O–H groups in total. The molecule has 7 nitrogen and oxygen atoms in total. The van der Waals surface area contributed by atoms with Crippen molar-refractivity contribution in [3.8, 4) is 11.5 Å². The van der Waals surface area contributed by atoms with E-state index >= 15 is 0 Å². The SMILES string of the molecule is Cc1ccc(OCc2nc(CC(=O)N3CC(C(=O)N(C)C)Oc4ccccc43)cs2)cc1. The topological polar surface area (TPSA) is 72.0 Å². The minimum atomic E-state index is -0.738.